The molecule has 0 spiro atoms. The molecule has 1 N–H and O–H groups in total. The standard InChI is InChI=1S/C11H20N4/c1-4-14-7-11(8-14)15-6-10(5-13-15)9(2)12-3/h5-6,9,11-12H,4,7-8H2,1-3H3. The number of nitrogens with one attached hydrogen (secondary N) is 1. The maximum atomic E-state index is 4.43. The van der Waals surface area contributed by atoms with Gasteiger partial charge in [-0.05, 0) is 20.5 Å². The molecule has 1 atom stereocenters. The second-order valence-corrected chi connectivity index (χ2v) is 4.27. The van der Waals surface area contributed by atoms with Crippen molar-refractivity contribution in [3.8, 4) is 0 Å². The van der Waals surface area contributed by atoms with Crippen molar-refractivity contribution in [3.63, 3.8) is 0 Å². The molecular weight excluding hydrogens is 188 g/mol. The van der Waals surface area contributed by atoms with Gasteiger partial charge in [0, 0.05) is 30.9 Å². The summed E-state index contributed by atoms with van der Waals surface area (Å²) in [5.41, 5.74) is 1.27. The third-order valence-corrected chi connectivity index (χ3v) is 3.31. The van der Waals surface area contributed by atoms with Gasteiger partial charge in [-0.1, -0.05) is 6.92 Å². The van der Waals surface area contributed by atoms with Gasteiger partial charge in [0.25, 0.3) is 0 Å². The van der Waals surface area contributed by atoms with E-state index in [9.17, 15) is 0 Å². The topological polar surface area (TPSA) is 33.1 Å². The van der Waals surface area contributed by atoms with Gasteiger partial charge in [-0.2, -0.15) is 5.10 Å². The molecule has 4 heteroatoms. The van der Waals surface area contributed by atoms with E-state index < -0.39 is 0 Å². The fraction of sp³-hybridized carbons (Fsp3) is 0.727. The van der Waals surface area contributed by atoms with Gasteiger partial charge in [-0.25, -0.2) is 0 Å². The lowest BCUT2D eigenvalue weighted by Crippen LogP contribution is -2.47. The molecule has 1 aromatic rings. The summed E-state index contributed by atoms with van der Waals surface area (Å²) >= 11 is 0. The lowest BCUT2D eigenvalue weighted by molar-refractivity contribution is 0.105. The van der Waals surface area contributed by atoms with Crippen LogP contribution in [0.5, 0.6) is 0 Å². The molecule has 1 aliphatic heterocycles. The summed E-state index contributed by atoms with van der Waals surface area (Å²) < 4.78 is 2.11. The van der Waals surface area contributed by atoms with Crippen LogP contribution in [0.15, 0.2) is 12.4 Å². The average Bonchev–Trinajstić information content (AvgIpc) is 2.64. The lowest BCUT2D eigenvalue weighted by Gasteiger charge is -2.38. The van der Waals surface area contributed by atoms with Crippen LogP contribution in [0.3, 0.4) is 0 Å². The Morgan fingerprint density at radius 3 is 2.93 bits per heavy atom. The molecule has 0 bridgehead atoms. The minimum absolute atomic E-state index is 0.390. The summed E-state index contributed by atoms with van der Waals surface area (Å²) in [7, 11) is 1.98. The number of rotatable bonds is 4. The number of hydrogen-bond donors (Lipinski definition) is 1. The molecule has 4 nitrogen and oxygen atoms in total. The first-order valence-electron chi connectivity index (χ1n) is 5.68. The van der Waals surface area contributed by atoms with E-state index in [-0.39, 0.29) is 0 Å². The van der Waals surface area contributed by atoms with Crippen LogP contribution in [0.4, 0.5) is 0 Å². The maximum absolute atomic E-state index is 4.43. The van der Waals surface area contributed by atoms with Crippen LogP contribution in [0.25, 0.3) is 0 Å². The largest absolute Gasteiger partial charge is 0.313 e. The van der Waals surface area contributed by atoms with Gasteiger partial charge >= 0.3 is 0 Å². The predicted octanol–water partition coefficient (Wildman–Crippen LogP) is 1.04. The van der Waals surface area contributed by atoms with E-state index in [1.165, 1.54) is 5.56 Å². The van der Waals surface area contributed by atoms with Crippen molar-refractivity contribution in [1.82, 2.24) is 20.0 Å². The summed E-state index contributed by atoms with van der Waals surface area (Å²) in [6, 6.07) is 0.976. The van der Waals surface area contributed by atoms with Crippen molar-refractivity contribution >= 4 is 0 Å². The number of aromatic nitrogens is 2. The Balaban J connectivity index is 1.96. The highest BCUT2D eigenvalue weighted by Gasteiger charge is 2.27. The minimum atomic E-state index is 0.390. The molecule has 0 saturated carbocycles. The minimum Gasteiger partial charge on any atom is -0.313 e. The van der Waals surface area contributed by atoms with E-state index in [2.05, 4.69) is 40.0 Å². The van der Waals surface area contributed by atoms with E-state index in [0.29, 0.717) is 12.1 Å². The van der Waals surface area contributed by atoms with Crippen LogP contribution in [-0.2, 0) is 0 Å². The zero-order valence-corrected chi connectivity index (χ0v) is 9.77. The van der Waals surface area contributed by atoms with E-state index >= 15 is 0 Å². The molecule has 1 aliphatic rings. The fourth-order valence-corrected chi connectivity index (χ4v) is 1.91. The Morgan fingerprint density at radius 1 is 1.60 bits per heavy atom. The number of likely N-dealkylation sites (tertiary alicyclic amines) is 1. The molecular formula is C11H20N4. The first kappa shape index (κ1) is 10.6. The molecule has 84 valence electrons. The second-order valence-electron chi connectivity index (χ2n) is 4.27. The van der Waals surface area contributed by atoms with Crippen molar-refractivity contribution in [2.24, 2.45) is 0 Å². The third-order valence-electron chi connectivity index (χ3n) is 3.31. The lowest BCUT2D eigenvalue weighted by atomic mass is 10.1. The van der Waals surface area contributed by atoms with Crippen LogP contribution in [-0.4, -0.2) is 41.4 Å². The highest BCUT2D eigenvalue weighted by Crippen LogP contribution is 2.21. The van der Waals surface area contributed by atoms with Crippen molar-refractivity contribution in [2.45, 2.75) is 25.9 Å². The van der Waals surface area contributed by atoms with E-state index in [1.54, 1.807) is 0 Å². The SMILES string of the molecule is CCN1CC(n2cc(C(C)NC)cn2)C1. The van der Waals surface area contributed by atoms with Crippen molar-refractivity contribution in [3.05, 3.63) is 18.0 Å². The maximum Gasteiger partial charge on any atom is 0.0772 e. The molecule has 0 radical (unpaired) electrons. The molecule has 2 heterocycles. The van der Waals surface area contributed by atoms with Gasteiger partial charge in [0.2, 0.25) is 0 Å². The summed E-state index contributed by atoms with van der Waals surface area (Å²) in [5, 5.41) is 7.65. The van der Waals surface area contributed by atoms with Crippen LogP contribution >= 0.6 is 0 Å². The summed E-state index contributed by atoms with van der Waals surface area (Å²) in [6.45, 7) is 7.79. The Morgan fingerprint density at radius 2 is 2.33 bits per heavy atom. The molecule has 0 aliphatic carbocycles. The highest BCUT2D eigenvalue weighted by molar-refractivity contribution is 5.10. The molecule has 2 rings (SSSR count). The monoisotopic (exact) mass is 208 g/mol. The predicted molar refractivity (Wildman–Crippen MR) is 60.9 cm³/mol. The first-order valence-corrected chi connectivity index (χ1v) is 5.68. The van der Waals surface area contributed by atoms with Crippen molar-refractivity contribution in [1.29, 1.82) is 0 Å². The molecule has 0 amide bonds. The third kappa shape index (κ3) is 2.06. The van der Waals surface area contributed by atoms with Crippen LogP contribution in [0, 0.1) is 0 Å². The Kier molecular flexibility index (Phi) is 3.07. The Bertz CT molecular complexity index is 314. The van der Waals surface area contributed by atoms with Gasteiger partial charge in [0.1, 0.15) is 0 Å². The van der Waals surface area contributed by atoms with E-state index in [0.717, 1.165) is 19.6 Å². The second kappa shape index (κ2) is 4.33. The summed E-state index contributed by atoms with van der Waals surface area (Å²) in [6.07, 6.45) is 4.13. The molecule has 1 aromatic heterocycles. The van der Waals surface area contributed by atoms with Crippen LogP contribution in [0.2, 0.25) is 0 Å². The number of nitrogens with zero attached hydrogens (tertiary/aromatic N) is 3. The van der Waals surface area contributed by atoms with Gasteiger partial charge in [0.05, 0.1) is 12.2 Å². The number of hydrogen-bond acceptors (Lipinski definition) is 3. The van der Waals surface area contributed by atoms with E-state index in [1.807, 2.05) is 13.2 Å². The highest BCUT2D eigenvalue weighted by atomic mass is 15.4. The molecule has 1 fully saturated rings. The van der Waals surface area contributed by atoms with Crippen LogP contribution < -0.4 is 5.32 Å². The molecule has 15 heavy (non-hydrogen) atoms. The van der Waals surface area contributed by atoms with Crippen LogP contribution in [0.1, 0.15) is 31.5 Å². The fourth-order valence-electron chi connectivity index (χ4n) is 1.91. The van der Waals surface area contributed by atoms with Gasteiger partial charge < -0.3 is 5.32 Å². The van der Waals surface area contributed by atoms with Crippen molar-refractivity contribution in [2.75, 3.05) is 26.7 Å². The van der Waals surface area contributed by atoms with Gasteiger partial charge in [0.15, 0.2) is 0 Å². The summed E-state index contributed by atoms with van der Waals surface area (Å²) in [5.74, 6) is 0. The average molecular weight is 208 g/mol. The number of likely N-dealkylation sites (N-methyl/N-ethyl adjacent to an activating group) is 1. The molecule has 1 saturated heterocycles. The smallest absolute Gasteiger partial charge is 0.0772 e. The van der Waals surface area contributed by atoms with Gasteiger partial charge in [-0.15, -0.1) is 0 Å². The van der Waals surface area contributed by atoms with Gasteiger partial charge in [-0.3, -0.25) is 9.58 Å². The molecule has 0 aromatic carbocycles. The van der Waals surface area contributed by atoms with Crippen molar-refractivity contribution < 1.29 is 0 Å². The zero-order valence-electron chi connectivity index (χ0n) is 9.77. The Hall–Kier alpha value is -0.870. The zero-order chi connectivity index (χ0) is 10.8. The van der Waals surface area contributed by atoms with E-state index in [4.69, 9.17) is 0 Å². The molecule has 1 unspecified atom stereocenters. The summed E-state index contributed by atoms with van der Waals surface area (Å²) in [4.78, 5) is 2.42. The normalized spacial score (nSPS) is 20.2. The quantitative estimate of drug-likeness (QED) is 0.802. The first-order chi connectivity index (χ1) is 7.24. The Labute approximate surface area is 91.3 Å².